The second kappa shape index (κ2) is 5.23. The number of amides is 1. The molecule has 0 aliphatic heterocycles. The molecular weight excluding hydrogens is 295 g/mol. The lowest BCUT2D eigenvalue weighted by Gasteiger charge is -2.04. The number of nitro benzene ring substituents is 1. The van der Waals surface area contributed by atoms with Gasteiger partial charge in [-0.25, -0.2) is 4.98 Å². The number of nitrogens with one attached hydrogen (secondary N) is 1. The van der Waals surface area contributed by atoms with Crippen molar-refractivity contribution in [2.24, 2.45) is 0 Å². The fourth-order valence-corrected chi connectivity index (χ4v) is 1.37. The molecule has 1 aromatic carbocycles. The molecule has 0 spiro atoms. The van der Waals surface area contributed by atoms with Crippen LogP contribution in [0.5, 0.6) is 0 Å². The summed E-state index contributed by atoms with van der Waals surface area (Å²) in [6, 6.07) is 5.01. The average Bonchev–Trinajstić information content (AvgIpc) is 2.86. The largest absolute Gasteiger partial charge is 0.471 e. The highest BCUT2D eigenvalue weighted by Gasteiger charge is 2.39. The summed E-state index contributed by atoms with van der Waals surface area (Å²) in [5.41, 5.74) is 0.156. The molecule has 10 heteroatoms. The highest BCUT2D eigenvalue weighted by atomic mass is 19.4. The average molecular weight is 301 g/mol. The van der Waals surface area contributed by atoms with Crippen molar-refractivity contribution in [1.29, 1.82) is 0 Å². The predicted molar refractivity (Wildman–Crippen MR) is 63.3 cm³/mol. The maximum atomic E-state index is 12.0. The van der Waals surface area contributed by atoms with Crippen LogP contribution in [-0.2, 0) is 4.79 Å². The van der Waals surface area contributed by atoms with Crippen molar-refractivity contribution < 1.29 is 27.3 Å². The lowest BCUT2D eigenvalue weighted by molar-refractivity contribution is -0.384. The fraction of sp³-hybridized carbons (Fsp3) is 0.0909. The number of benzene rings is 1. The molecule has 0 aliphatic carbocycles. The number of carbonyl (C=O) groups is 1. The summed E-state index contributed by atoms with van der Waals surface area (Å²) in [6.07, 6.45) is -4.14. The van der Waals surface area contributed by atoms with E-state index < -0.39 is 22.9 Å². The molecule has 110 valence electrons. The maximum absolute atomic E-state index is 12.0. The van der Waals surface area contributed by atoms with Crippen LogP contribution in [0.3, 0.4) is 0 Å². The van der Waals surface area contributed by atoms with E-state index in [-0.39, 0.29) is 11.6 Å². The highest BCUT2D eigenvalue weighted by Crippen LogP contribution is 2.25. The van der Waals surface area contributed by atoms with E-state index in [2.05, 4.69) is 4.98 Å². The third-order valence-electron chi connectivity index (χ3n) is 2.32. The predicted octanol–water partition coefficient (Wildman–Crippen LogP) is 2.75. The number of hydrogen-bond acceptors (Lipinski definition) is 5. The first-order valence-electron chi connectivity index (χ1n) is 5.36. The first-order chi connectivity index (χ1) is 9.77. The zero-order chi connectivity index (χ0) is 15.6. The van der Waals surface area contributed by atoms with Gasteiger partial charge in [0.15, 0.2) is 0 Å². The van der Waals surface area contributed by atoms with Crippen LogP contribution in [0.4, 0.5) is 24.7 Å². The zero-order valence-corrected chi connectivity index (χ0v) is 10.0. The number of rotatable bonds is 3. The minimum atomic E-state index is -5.04. The maximum Gasteiger partial charge on any atom is 0.471 e. The van der Waals surface area contributed by atoms with Gasteiger partial charge in [-0.3, -0.25) is 20.2 Å². The fourth-order valence-electron chi connectivity index (χ4n) is 1.37. The van der Waals surface area contributed by atoms with Crippen LogP contribution in [0.15, 0.2) is 34.9 Å². The summed E-state index contributed by atoms with van der Waals surface area (Å²) in [6.45, 7) is 0. The van der Waals surface area contributed by atoms with Crippen molar-refractivity contribution in [3.63, 3.8) is 0 Å². The second-order valence-corrected chi connectivity index (χ2v) is 3.79. The number of aromatic nitrogens is 1. The molecule has 0 unspecified atom stereocenters. The third kappa shape index (κ3) is 3.35. The first-order valence-corrected chi connectivity index (χ1v) is 5.36. The topological polar surface area (TPSA) is 98.3 Å². The highest BCUT2D eigenvalue weighted by molar-refractivity contribution is 5.93. The molecule has 2 rings (SSSR count). The molecule has 21 heavy (non-hydrogen) atoms. The molecule has 7 nitrogen and oxygen atoms in total. The van der Waals surface area contributed by atoms with Gasteiger partial charge in [0.25, 0.3) is 5.69 Å². The molecule has 1 heterocycles. The Morgan fingerprint density at radius 1 is 1.29 bits per heavy atom. The Labute approximate surface area is 114 Å². The van der Waals surface area contributed by atoms with Crippen LogP contribution >= 0.6 is 0 Å². The molecule has 1 amide bonds. The monoisotopic (exact) mass is 301 g/mol. The van der Waals surface area contributed by atoms with Crippen molar-refractivity contribution in [3.05, 3.63) is 40.6 Å². The van der Waals surface area contributed by atoms with Gasteiger partial charge >= 0.3 is 12.1 Å². The van der Waals surface area contributed by atoms with Crippen LogP contribution in [-0.4, -0.2) is 22.0 Å². The van der Waals surface area contributed by atoms with E-state index in [1.807, 2.05) is 0 Å². The quantitative estimate of drug-likeness (QED) is 0.694. The summed E-state index contributed by atoms with van der Waals surface area (Å²) in [5.74, 6) is -2.75. The standard InChI is InChI=1S/C11H6F3N3O4/c12-11(13,14)10(18)16-8-5-15-9(21-8)6-1-3-7(4-2-6)17(19)20/h1-5H,(H,16,18). The van der Waals surface area contributed by atoms with Crippen LogP contribution in [0.1, 0.15) is 0 Å². The lowest BCUT2D eigenvalue weighted by Crippen LogP contribution is -2.29. The Hall–Kier alpha value is -2.91. The summed E-state index contributed by atoms with van der Waals surface area (Å²) in [4.78, 5) is 24.3. The van der Waals surface area contributed by atoms with Gasteiger partial charge in [-0.15, -0.1) is 0 Å². The van der Waals surface area contributed by atoms with Gasteiger partial charge < -0.3 is 4.42 Å². The Morgan fingerprint density at radius 3 is 2.43 bits per heavy atom. The van der Waals surface area contributed by atoms with E-state index in [1.165, 1.54) is 29.6 Å². The number of non-ortho nitro benzene ring substituents is 1. The minimum Gasteiger partial charge on any atom is -0.420 e. The van der Waals surface area contributed by atoms with Crippen LogP contribution < -0.4 is 5.32 Å². The molecule has 0 aliphatic rings. The smallest absolute Gasteiger partial charge is 0.420 e. The number of halogens is 3. The summed E-state index contributed by atoms with van der Waals surface area (Å²) in [7, 11) is 0. The van der Waals surface area contributed by atoms with Crippen molar-refractivity contribution in [1.82, 2.24) is 4.98 Å². The van der Waals surface area contributed by atoms with E-state index in [0.29, 0.717) is 5.56 Å². The Balaban J connectivity index is 2.16. The van der Waals surface area contributed by atoms with Crippen molar-refractivity contribution in [2.75, 3.05) is 5.32 Å². The minimum absolute atomic E-state index is 0.0811. The number of carbonyl (C=O) groups excluding carboxylic acids is 1. The van der Waals surface area contributed by atoms with Crippen LogP contribution in [0.25, 0.3) is 11.5 Å². The molecule has 1 N–H and O–H groups in total. The number of anilines is 1. The summed E-state index contributed by atoms with van der Waals surface area (Å²) in [5, 5.41) is 12.0. The van der Waals surface area contributed by atoms with Gasteiger partial charge in [-0.1, -0.05) is 0 Å². The molecule has 0 radical (unpaired) electrons. The first kappa shape index (κ1) is 14.5. The van der Waals surface area contributed by atoms with Gasteiger partial charge in [0.2, 0.25) is 11.8 Å². The molecule has 1 aromatic heterocycles. The number of nitro groups is 1. The number of oxazole rings is 1. The number of hydrogen-bond donors (Lipinski definition) is 1. The van der Waals surface area contributed by atoms with Crippen molar-refractivity contribution >= 4 is 17.5 Å². The molecule has 0 atom stereocenters. The normalized spacial score (nSPS) is 11.2. The van der Waals surface area contributed by atoms with Crippen molar-refractivity contribution in [2.45, 2.75) is 6.18 Å². The van der Waals surface area contributed by atoms with Gasteiger partial charge in [0.05, 0.1) is 11.1 Å². The van der Waals surface area contributed by atoms with Gasteiger partial charge in [-0.2, -0.15) is 13.2 Å². The molecule has 0 saturated carbocycles. The lowest BCUT2D eigenvalue weighted by atomic mass is 10.2. The Morgan fingerprint density at radius 2 is 1.90 bits per heavy atom. The second-order valence-electron chi connectivity index (χ2n) is 3.79. The number of nitrogens with zero attached hydrogens (tertiary/aromatic N) is 2. The number of alkyl halides is 3. The third-order valence-corrected chi connectivity index (χ3v) is 2.32. The molecule has 0 bridgehead atoms. The Bertz CT molecular complexity index is 679. The molecule has 2 aromatic rings. The molecule has 0 saturated heterocycles. The SMILES string of the molecule is O=C(Nc1cnc(-c2ccc([N+](=O)[O-])cc2)o1)C(F)(F)F. The van der Waals surface area contributed by atoms with E-state index in [0.717, 1.165) is 6.20 Å². The van der Waals surface area contributed by atoms with E-state index in [1.54, 1.807) is 0 Å². The van der Waals surface area contributed by atoms with Crippen LogP contribution in [0, 0.1) is 10.1 Å². The van der Waals surface area contributed by atoms with Gasteiger partial charge in [-0.05, 0) is 12.1 Å². The molecular formula is C11H6F3N3O4. The zero-order valence-electron chi connectivity index (χ0n) is 10.0. The van der Waals surface area contributed by atoms with E-state index >= 15 is 0 Å². The van der Waals surface area contributed by atoms with E-state index in [9.17, 15) is 28.1 Å². The molecule has 0 fully saturated rings. The van der Waals surface area contributed by atoms with Crippen molar-refractivity contribution in [3.8, 4) is 11.5 Å². The van der Waals surface area contributed by atoms with E-state index in [4.69, 9.17) is 4.42 Å². The summed E-state index contributed by atoms with van der Waals surface area (Å²) < 4.78 is 41.1. The summed E-state index contributed by atoms with van der Waals surface area (Å²) >= 11 is 0. The Kier molecular flexibility index (Phi) is 3.61. The van der Waals surface area contributed by atoms with Gasteiger partial charge in [0.1, 0.15) is 0 Å². The van der Waals surface area contributed by atoms with Crippen LogP contribution in [0.2, 0.25) is 0 Å². The van der Waals surface area contributed by atoms with Gasteiger partial charge in [0, 0.05) is 17.7 Å².